The van der Waals surface area contributed by atoms with Crippen LogP contribution >= 0.6 is 0 Å². The minimum absolute atomic E-state index is 0.348. The summed E-state index contributed by atoms with van der Waals surface area (Å²) in [6, 6.07) is 0.856. The van der Waals surface area contributed by atoms with E-state index in [1.807, 2.05) is 0 Å². The number of carbonyl (C=O) groups is 1. The van der Waals surface area contributed by atoms with Crippen molar-refractivity contribution >= 4 is 5.97 Å². The summed E-state index contributed by atoms with van der Waals surface area (Å²) in [5.74, 6) is -2.60. The summed E-state index contributed by atoms with van der Waals surface area (Å²) >= 11 is 0. The van der Waals surface area contributed by atoms with Crippen LogP contribution < -0.4 is 4.74 Å². The number of rotatable bonds is 3. The van der Waals surface area contributed by atoms with Crippen LogP contribution in [0.15, 0.2) is 12.1 Å². The minimum Gasteiger partial charge on any atom is -0.496 e. The van der Waals surface area contributed by atoms with Crippen LogP contribution in [0.25, 0.3) is 0 Å². The van der Waals surface area contributed by atoms with Gasteiger partial charge in [-0.2, -0.15) is 26.3 Å². The zero-order valence-electron chi connectivity index (χ0n) is 10.9. The van der Waals surface area contributed by atoms with Crippen LogP contribution in [0.5, 0.6) is 5.75 Å². The van der Waals surface area contributed by atoms with Crippen molar-refractivity contribution < 1.29 is 40.6 Å². The molecule has 0 atom stereocenters. The molecule has 0 aliphatic heterocycles. The zero-order valence-corrected chi connectivity index (χ0v) is 10.9. The summed E-state index contributed by atoms with van der Waals surface area (Å²) in [7, 11) is 0.854. The fourth-order valence-corrected chi connectivity index (χ4v) is 1.69. The predicted octanol–water partition coefficient (Wildman–Crippen LogP) is 3.91. The molecule has 0 N–H and O–H groups in total. The number of carbonyl (C=O) groups excluding carboxylic acids is 1. The first-order chi connectivity index (χ1) is 9.54. The lowest BCUT2D eigenvalue weighted by atomic mass is 9.98. The van der Waals surface area contributed by atoms with Crippen molar-refractivity contribution in [3.05, 3.63) is 28.8 Å². The van der Waals surface area contributed by atoms with Crippen LogP contribution in [-0.4, -0.2) is 19.7 Å². The van der Waals surface area contributed by atoms with E-state index in [-0.39, 0.29) is 6.61 Å². The predicted molar refractivity (Wildman–Crippen MR) is 59.0 cm³/mol. The van der Waals surface area contributed by atoms with Gasteiger partial charge in [-0.1, -0.05) is 0 Å². The highest BCUT2D eigenvalue weighted by molar-refractivity contribution is 5.94. The van der Waals surface area contributed by atoms with Crippen molar-refractivity contribution in [2.75, 3.05) is 13.7 Å². The van der Waals surface area contributed by atoms with E-state index in [0.29, 0.717) is 12.1 Å². The molecule has 21 heavy (non-hydrogen) atoms. The number of alkyl halides is 6. The average molecular weight is 316 g/mol. The molecule has 0 amide bonds. The van der Waals surface area contributed by atoms with Gasteiger partial charge in [-0.25, -0.2) is 4.79 Å². The van der Waals surface area contributed by atoms with Crippen LogP contribution in [0, 0.1) is 0 Å². The molecule has 1 rings (SSSR count). The second-order valence-electron chi connectivity index (χ2n) is 3.78. The maximum Gasteiger partial charge on any atom is 0.420 e. The second-order valence-corrected chi connectivity index (χ2v) is 3.78. The molecule has 9 heteroatoms. The molecular weight excluding hydrogens is 306 g/mol. The van der Waals surface area contributed by atoms with Gasteiger partial charge in [-0.3, -0.25) is 0 Å². The minimum atomic E-state index is -5.21. The molecule has 118 valence electrons. The molecule has 0 saturated heterocycles. The van der Waals surface area contributed by atoms with Crippen LogP contribution in [0.1, 0.15) is 28.4 Å². The standard InChI is InChI=1S/C12H10F6O3/c1-3-21-10(19)8-6(11(13,14)15)4-5-7(20-2)9(8)12(16,17)18/h4-5H,3H2,1-2H3. The van der Waals surface area contributed by atoms with Gasteiger partial charge >= 0.3 is 18.3 Å². The van der Waals surface area contributed by atoms with Gasteiger partial charge < -0.3 is 9.47 Å². The number of ether oxygens (including phenoxy) is 2. The van der Waals surface area contributed by atoms with E-state index in [2.05, 4.69) is 9.47 Å². The molecule has 0 saturated carbocycles. The monoisotopic (exact) mass is 316 g/mol. The summed E-state index contributed by atoms with van der Waals surface area (Å²) in [5.41, 5.74) is -5.14. The number of methoxy groups -OCH3 is 1. The lowest BCUT2D eigenvalue weighted by molar-refractivity contribution is -0.144. The maximum atomic E-state index is 13.0. The summed E-state index contributed by atoms with van der Waals surface area (Å²) in [5, 5.41) is 0. The first-order valence-corrected chi connectivity index (χ1v) is 5.56. The first-order valence-electron chi connectivity index (χ1n) is 5.56. The Hall–Kier alpha value is -1.93. The average Bonchev–Trinajstić information content (AvgIpc) is 2.35. The van der Waals surface area contributed by atoms with Gasteiger partial charge in [0.1, 0.15) is 11.3 Å². The number of benzene rings is 1. The third-order valence-electron chi connectivity index (χ3n) is 2.46. The summed E-state index contributed by atoms with van der Waals surface area (Å²) in [6.45, 7) is 0.892. The van der Waals surface area contributed by atoms with E-state index >= 15 is 0 Å². The third kappa shape index (κ3) is 3.59. The van der Waals surface area contributed by atoms with Crippen molar-refractivity contribution in [3.8, 4) is 5.75 Å². The van der Waals surface area contributed by atoms with Crippen molar-refractivity contribution in [3.63, 3.8) is 0 Å². The Labute approximate surface area is 115 Å². The van der Waals surface area contributed by atoms with E-state index in [1.165, 1.54) is 6.92 Å². The van der Waals surface area contributed by atoms with Gasteiger partial charge in [0.05, 0.1) is 24.8 Å². The van der Waals surface area contributed by atoms with E-state index in [1.54, 1.807) is 0 Å². The lowest BCUT2D eigenvalue weighted by Gasteiger charge is -2.20. The topological polar surface area (TPSA) is 35.5 Å². The third-order valence-corrected chi connectivity index (χ3v) is 2.46. The van der Waals surface area contributed by atoms with E-state index in [0.717, 1.165) is 7.11 Å². The molecule has 0 heterocycles. The lowest BCUT2D eigenvalue weighted by Crippen LogP contribution is -2.22. The summed E-state index contributed by atoms with van der Waals surface area (Å²) < 4.78 is 86.3. The summed E-state index contributed by atoms with van der Waals surface area (Å²) in [4.78, 5) is 11.6. The Balaban J connectivity index is 3.75. The van der Waals surface area contributed by atoms with Crippen molar-refractivity contribution in [2.24, 2.45) is 0 Å². The van der Waals surface area contributed by atoms with Gasteiger partial charge in [-0.15, -0.1) is 0 Å². The smallest absolute Gasteiger partial charge is 0.420 e. The molecule has 0 aromatic heterocycles. The molecule has 0 fully saturated rings. The number of esters is 1. The Morgan fingerprint density at radius 3 is 2.05 bits per heavy atom. The first kappa shape index (κ1) is 17.1. The van der Waals surface area contributed by atoms with Crippen molar-refractivity contribution in [1.29, 1.82) is 0 Å². The van der Waals surface area contributed by atoms with Gasteiger partial charge in [-0.05, 0) is 19.1 Å². The van der Waals surface area contributed by atoms with Crippen LogP contribution in [-0.2, 0) is 17.1 Å². The highest BCUT2D eigenvalue weighted by Gasteiger charge is 2.45. The molecule has 3 nitrogen and oxygen atoms in total. The van der Waals surface area contributed by atoms with Gasteiger partial charge in [0.2, 0.25) is 0 Å². The van der Waals surface area contributed by atoms with Crippen LogP contribution in [0.2, 0.25) is 0 Å². The molecule has 0 spiro atoms. The van der Waals surface area contributed by atoms with Gasteiger partial charge in [0.25, 0.3) is 0 Å². The second kappa shape index (κ2) is 5.82. The molecule has 1 aromatic carbocycles. The van der Waals surface area contributed by atoms with E-state index < -0.39 is 40.8 Å². The van der Waals surface area contributed by atoms with Gasteiger partial charge in [0.15, 0.2) is 0 Å². The molecule has 0 unspecified atom stereocenters. The SMILES string of the molecule is CCOC(=O)c1c(C(F)(F)F)ccc(OC)c1C(F)(F)F. The number of hydrogen-bond donors (Lipinski definition) is 0. The normalized spacial score (nSPS) is 12.2. The van der Waals surface area contributed by atoms with E-state index in [9.17, 15) is 31.1 Å². The number of hydrogen-bond acceptors (Lipinski definition) is 3. The number of halogens is 6. The fourth-order valence-electron chi connectivity index (χ4n) is 1.69. The molecule has 0 aliphatic rings. The maximum absolute atomic E-state index is 13.0. The van der Waals surface area contributed by atoms with Crippen molar-refractivity contribution in [2.45, 2.75) is 19.3 Å². The highest BCUT2D eigenvalue weighted by Crippen LogP contribution is 2.44. The Morgan fingerprint density at radius 1 is 1.10 bits per heavy atom. The molecular formula is C12H10F6O3. The highest BCUT2D eigenvalue weighted by atomic mass is 19.4. The Bertz CT molecular complexity index is 533. The summed E-state index contributed by atoms with van der Waals surface area (Å²) in [6.07, 6.45) is -10.4. The van der Waals surface area contributed by atoms with Crippen molar-refractivity contribution in [1.82, 2.24) is 0 Å². The Kier molecular flexibility index (Phi) is 4.75. The molecule has 0 bridgehead atoms. The van der Waals surface area contributed by atoms with Crippen LogP contribution in [0.3, 0.4) is 0 Å². The molecule has 0 aliphatic carbocycles. The largest absolute Gasteiger partial charge is 0.496 e. The molecule has 0 radical (unpaired) electrons. The van der Waals surface area contributed by atoms with Gasteiger partial charge in [0, 0.05) is 0 Å². The quantitative estimate of drug-likeness (QED) is 0.626. The van der Waals surface area contributed by atoms with E-state index in [4.69, 9.17) is 0 Å². The fraction of sp³-hybridized carbons (Fsp3) is 0.417. The zero-order chi connectivity index (χ0) is 16.4. The molecule has 1 aromatic rings. The van der Waals surface area contributed by atoms with Crippen LogP contribution in [0.4, 0.5) is 26.3 Å². The Morgan fingerprint density at radius 2 is 1.67 bits per heavy atom.